The van der Waals surface area contributed by atoms with E-state index in [2.05, 4.69) is 25.3 Å². The number of anilines is 2. The lowest BCUT2D eigenvalue weighted by Gasteiger charge is -2.12. The molecule has 31 heavy (non-hydrogen) atoms. The van der Waals surface area contributed by atoms with Crippen molar-refractivity contribution in [2.75, 3.05) is 39.2 Å². The van der Waals surface area contributed by atoms with Crippen molar-refractivity contribution in [2.45, 2.75) is 26.3 Å². The Balaban J connectivity index is 1.43. The molecule has 2 heterocycles. The van der Waals surface area contributed by atoms with Crippen molar-refractivity contribution in [3.8, 4) is 17.0 Å². The monoisotopic (exact) mass is 424 g/mol. The van der Waals surface area contributed by atoms with Crippen LogP contribution in [0.4, 0.5) is 16.0 Å². The number of alkyl halides is 1. The Morgan fingerprint density at radius 1 is 1.19 bits per heavy atom. The summed E-state index contributed by atoms with van der Waals surface area (Å²) in [5.41, 5.74) is 3.35. The lowest BCUT2D eigenvalue weighted by Crippen LogP contribution is -2.19. The average molecular weight is 425 g/mol. The van der Waals surface area contributed by atoms with E-state index in [1.165, 1.54) is 0 Å². The molecule has 0 radical (unpaired) electrons. The van der Waals surface area contributed by atoms with Gasteiger partial charge in [-0.1, -0.05) is 0 Å². The van der Waals surface area contributed by atoms with Gasteiger partial charge in [0.2, 0.25) is 5.95 Å². The van der Waals surface area contributed by atoms with Crippen LogP contribution in [0.15, 0.2) is 42.9 Å². The van der Waals surface area contributed by atoms with Crippen molar-refractivity contribution >= 4 is 11.6 Å². The number of rotatable bonds is 10. The first-order valence-electron chi connectivity index (χ1n) is 10.5. The van der Waals surface area contributed by atoms with Crippen LogP contribution in [0.2, 0.25) is 0 Å². The van der Waals surface area contributed by atoms with Crippen molar-refractivity contribution in [3.63, 3.8) is 0 Å². The van der Waals surface area contributed by atoms with Gasteiger partial charge in [0, 0.05) is 42.1 Å². The second-order valence-corrected chi connectivity index (χ2v) is 8.59. The molecule has 1 aliphatic carbocycles. The second-order valence-electron chi connectivity index (χ2n) is 8.59. The van der Waals surface area contributed by atoms with Gasteiger partial charge in [-0.15, -0.1) is 0 Å². The molecule has 8 heteroatoms. The summed E-state index contributed by atoms with van der Waals surface area (Å²) in [5.74, 6) is 1.34. The molecule has 164 valence electrons. The van der Waals surface area contributed by atoms with Gasteiger partial charge in [-0.25, -0.2) is 9.97 Å². The van der Waals surface area contributed by atoms with Crippen molar-refractivity contribution < 1.29 is 9.13 Å². The summed E-state index contributed by atoms with van der Waals surface area (Å²) in [6, 6.07) is 7.74. The second kappa shape index (κ2) is 9.01. The summed E-state index contributed by atoms with van der Waals surface area (Å²) < 4.78 is 20.8. The van der Waals surface area contributed by atoms with Gasteiger partial charge >= 0.3 is 0 Å². The summed E-state index contributed by atoms with van der Waals surface area (Å²) in [5, 5.41) is 7.66. The average Bonchev–Trinajstić information content (AvgIpc) is 3.38. The van der Waals surface area contributed by atoms with Crippen LogP contribution in [0.1, 0.15) is 18.4 Å². The molecule has 0 spiro atoms. The van der Waals surface area contributed by atoms with Crippen LogP contribution >= 0.6 is 0 Å². The van der Waals surface area contributed by atoms with E-state index in [0.29, 0.717) is 19.1 Å². The maximum absolute atomic E-state index is 13.2. The number of aromatic nitrogens is 4. The number of nitrogens with one attached hydrogen (secondary N) is 1. The fourth-order valence-electron chi connectivity index (χ4n) is 3.33. The van der Waals surface area contributed by atoms with Gasteiger partial charge in [0.1, 0.15) is 12.4 Å². The molecule has 0 amide bonds. The SMILES string of the molecule is Cc1cnc(Nc2ccc(OCCN(C)C)cc2)nc1-c1cnn(CC2(CF)CC2)c1. The largest absolute Gasteiger partial charge is 0.492 e. The molecule has 0 aliphatic heterocycles. The highest BCUT2D eigenvalue weighted by molar-refractivity contribution is 5.64. The van der Waals surface area contributed by atoms with E-state index in [0.717, 1.165) is 47.6 Å². The van der Waals surface area contributed by atoms with E-state index < -0.39 is 0 Å². The van der Waals surface area contributed by atoms with E-state index in [1.54, 1.807) is 12.4 Å². The standard InChI is InChI=1S/C23H29FN6O/c1-17-12-25-22(27-19-4-6-20(7-5-19)31-11-10-29(2)3)28-21(17)18-13-26-30(14-18)16-23(15-24)8-9-23/h4-7,12-14H,8-11,15-16H2,1-3H3,(H,25,27,28). The fourth-order valence-corrected chi connectivity index (χ4v) is 3.33. The highest BCUT2D eigenvalue weighted by Gasteiger charge is 2.43. The van der Waals surface area contributed by atoms with E-state index >= 15 is 0 Å². The first-order valence-corrected chi connectivity index (χ1v) is 10.5. The number of halogens is 1. The quantitative estimate of drug-likeness (QED) is 0.529. The van der Waals surface area contributed by atoms with E-state index in [4.69, 9.17) is 4.74 Å². The molecular formula is C23H29FN6O. The summed E-state index contributed by atoms with van der Waals surface area (Å²) in [7, 11) is 4.04. The minimum Gasteiger partial charge on any atom is -0.492 e. The van der Waals surface area contributed by atoms with E-state index in [-0.39, 0.29) is 12.1 Å². The Morgan fingerprint density at radius 3 is 2.65 bits per heavy atom. The minimum absolute atomic E-state index is 0.209. The van der Waals surface area contributed by atoms with Crippen LogP contribution in [0, 0.1) is 12.3 Å². The smallest absolute Gasteiger partial charge is 0.227 e. The first kappa shape index (κ1) is 21.2. The van der Waals surface area contributed by atoms with Crippen LogP contribution in [-0.2, 0) is 6.54 Å². The Morgan fingerprint density at radius 2 is 1.97 bits per heavy atom. The number of nitrogens with zero attached hydrogens (tertiary/aromatic N) is 5. The Kier molecular flexibility index (Phi) is 6.18. The number of ether oxygens (including phenoxy) is 1. The molecule has 0 bridgehead atoms. The Bertz CT molecular complexity index is 1010. The summed E-state index contributed by atoms with van der Waals surface area (Å²) >= 11 is 0. The third-order valence-corrected chi connectivity index (χ3v) is 5.53. The highest BCUT2D eigenvalue weighted by Crippen LogP contribution is 2.47. The van der Waals surface area contributed by atoms with Crippen LogP contribution in [0.3, 0.4) is 0 Å². The minimum atomic E-state index is -0.289. The molecule has 1 fully saturated rings. The van der Waals surface area contributed by atoms with Crippen LogP contribution in [0.25, 0.3) is 11.3 Å². The molecule has 3 aromatic rings. The van der Waals surface area contributed by atoms with Gasteiger partial charge in [-0.3, -0.25) is 9.07 Å². The zero-order valence-electron chi connectivity index (χ0n) is 18.3. The van der Waals surface area contributed by atoms with Crippen molar-refractivity contribution in [3.05, 3.63) is 48.4 Å². The van der Waals surface area contributed by atoms with Crippen molar-refractivity contribution in [1.82, 2.24) is 24.6 Å². The lowest BCUT2D eigenvalue weighted by atomic mass is 10.1. The number of benzene rings is 1. The molecular weight excluding hydrogens is 395 g/mol. The van der Waals surface area contributed by atoms with Crippen molar-refractivity contribution in [2.24, 2.45) is 5.41 Å². The number of likely N-dealkylation sites (N-methyl/N-ethyl adjacent to an activating group) is 1. The number of aryl methyl sites for hydroxylation is 1. The molecule has 1 aromatic carbocycles. The Labute approximate surface area is 182 Å². The summed E-state index contributed by atoms with van der Waals surface area (Å²) in [4.78, 5) is 11.2. The predicted molar refractivity (Wildman–Crippen MR) is 119 cm³/mol. The van der Waals surface area contributed by atoms with Crippen LogP contribution < -0.4 is 10.1 Å². The molecule has 1 saturated carbocycles. The predicted octanol–water partition coefficient (Wildman–Crippen LogP) is 4.08. The third-order valence-electron chi connectivity index (χ3n) is 5.53. The zero-order valence-corrected chi connectivity index (χ0v) is 18.3. The maximum Gasteiger partial charge on any atom is 0.227 e. The first-order chi connectivity index (χ1) is 15.0. The fraction of sp³-hybridized carbons (Fsp3) is 0.435. The highest BCUT2D eigenvalue weighted by atomic mass is 19.1. The summed E-state index contributed by atoms with van der Waals surface area (Å²) in [6.07, 6.45) is 7.38. The van der Waals surface area contributed by atoms with Crippen molar-refractivity contribution in [1.29, 1.82) is 0 Å². The molecule has 2 aromatic heterocycles. The van der Waals surface area contributed by atoms with E-state index in [9.17, 15) is 4.39 Å². The molecule has 4 rings (SSSR count). The van der Waals surface area contributed by atoms with Gasteiger partial charge in [0.15, 0.2) is 0 Å². The summed E-state index contributed by atoms with van der Waals surface area (Å²) in [6.45, 7) is 3.81. The third kappa shape index (κ3) is 5.38. The molecule has 0 saturated heterocycles. The van der Waals surface area contributed by atoms with E-state index in [1.807, 2.05) is 56.2 Å². The number of hydrogen-bond acceptors (Lipinski definition) is 6. The van der Waals surface area contributed by atoms with Gasteiger partial charge in [0.05, 0.1) is 18.6 Å². The molecule has 7 nitrogen and oxygen atoms in total. The van der Waals surface area contributed by atoms with Crippen LogP contribution in [0.5, 0.6) is 5.75 Å². The Hall–Kier alpha value is -3.00. The zero-order chi connectivity index (χ0) is 21.8. The molecule has 1 N–H and O–H groups in total. The maximum atomic E-state index is 13.2. The van der Waals surface area contributed by atoms with Crippen LogP contribution in [-0.4, -0.2) is 58.6 Å². The van der Waals surface area contributed by atoms with Gasteiger partial charge in [-0.05, 0) is 63.7 Å². The number of hydrogen-bond donors (Lipinski definition) is 1. The topological polar surface area (TPSA) is 68.1 Å². The molecule has 1 aliphatic rings. The molecule has 0 atom stereocenters. The van der Waals surface area contributed by atoms with Gasteiger partial charge in [0.25, 0.3) is 0 Å². The van der Waals surface area contributed by atoms with Gasteiger partial charge < -0.3 is 15.0 Å². The lowest BCUT2D eigenvalue weighted by molar-refractivity contribution is 0.261. The van der Waals surface area contributed by atoms with Gasteiger partial charge in [-0.2, -0.15) is 5.10 Å². The molecule has 0 unspecified atom stereocenters. The normalized spacial score (nSPS) is 14.6.